The Morgan fingerprint density at radius 3 is 2.84 bits per heavy atom. The Hall–Kier alpha value is -0.940. The van der Waals surface area contributed by atoms with E-state index in [0.29, 0.717) is 25.5 Å². The molecular weight excluding hydrogens is 246 g/mol. The first-order valence-electron chi connectivity index (χ1n) is 7.23. The van der Waals surface area contributed by atoms with Gasteiger partial charge >= 0.3 is 5.97 Å². The Balaban J connectivity index is 1.93. The summed E-state index contributed by atoms with van der Waals surface area (Å²) in [5.74, 6) is -0.887. The van der Waals surface area contributed by atoms with Gasteiger partial charge in [0.2, 0.25) is 0 Å². The smallest absolute Gasteiger partial charge is 0.319 e. The number of ether oxygens (including phenoxy) is 2. The van der Waals surface area contributed by atoms with Crippen LogP contribution < -0.4 is 0 Å². The molecule has 3 fully saturated rings. The molecule has 2 unspecified atom stereocenters. The molecular formula is C14H21NO4. The molecule has 3 saturated heterocycles. The first-order chi connectivity index (χ1) is 9.12. The third kappa shape index (κ3) is 1.75. The molecule has 106 valence electrons. The number of carbonyl (C=O) groups excluding carboxylic acids is 2. The maximum Gasteiger partial charge on any atom is 0.319 e. The molecule has 1 spiro atoms. The molecule has 0 N–H and O–H groups in total. The molecule has 3 aliphatic rings. The van der Waals surface area contributed by atoms with Gasteiger partial charge in [0.15, 0.2) is 5.78 Å². The number of esters is 1. The van der Waals surface area contributed by atoms with Crippen molar-refractivity contribution in [2.75, 3.05) is 26.2 Å². The highest BCUT2D eigenvalue weighted by atomic mass is 16.6. The molecule has 5 heteroatoms. The SMILES string of the molecule is CCOC(=O)C1C(=O)[C@H](CC)O[C@]12CN1CC[C@H]2C1. The minimum absolute atomic E-state index is 0.0744. The van der Waals surface area contributed by atoms with Gasteiger partial charge in [0.25, 0.3) is 0 Å². The van der Waals surface area contributed by atoms with Crippen LogP contribution in [0.5, 0.6) is 0 Å². The van der Waals surface area contributed by atoms with E-state index in [9.17, 15) is 9.59 Å². The zero-order chi connectivity index (χ0) is 13.6. The van der Waals surface area contributed by atoms with Crippen LogP contribution in [0.15, 0.2) is 0 Å². The van der Waals surface area contributed by atoms with Crippen molar-refractivity contribution in [3.05, 3.63) is 0 Å². The molecule has 0 radical (unpaired) electrons. The van der Waals surface area contributed by atoms with Gasteiger partial charge in [-0.3, -0.25) is 9.59 Å². The molecule has 0 aromatic heterocycles. The number of ketones is 1. The summed E-state index contributed by atoms with van der Waals surface area (Å²) < 4.78 is 11.2. The second-order valence-electron chi connectivity index (χ2n) is 5.78. The highest BCUT2D eigenvalue weighted by Gasteiger charge is 2.66. The van der Waals surface area contributed by atoms with Crippen molar-refractivity contribution in [2.24, 2.45) is 11.8 Å². The zero-order valence-corrected chi connectivity index (χ0v) is 11.6. The second-order valence-corrected chi connectivity index (χ2v) is 5.78. The van der Waals surface area contributed by atoms with E-state index in [4.69, 9.17) is 9.47 Å². The molecule has 3 aliphatic heterocycles. The van der Waals surface area contributed by atoms with E-state index in [1.54, 1.807) is 6.92 Å². The summed E-state index contributed by atoms with van der Waals surface area (Å²) in [5, 5.41) is 0. The number of hydrogen-bond acceptors (Lipinski definition) is 5. The zero-order valence-electron chi connectivity index (χ0n) is 11.6. The van der Waals surface area contributed by atoms with E-state index >= 15 is 0 Å². The average molecular weight is 267 g/mol. The van der Waals surface area contributed by atoms with Gasteiger partial charge in [-0.25, -0.2) is 0 Å². The van der Waals surface area contributed by atoms with Gasteiger partial charge in [0, 0.05) is 19.0 Å². The molecule has 2 bridgehead atoms. The third-order valence-electron chi connectivity index (χ3n) is 4.78. The Bertz CT molecular complexity index is 410. The van der Waals surface area contributed by atoms with Crippen LogP contribution in [0.3, 0.4) is 0 Å². The van der Waals surface area contributed by atoms with E-state index < -0.39 is 23.6 Å². The Morgan fingerprint density at radius 2 is 2.32 bits per heavy atom. The Labute approximate surface area is 113 Å². The molecule has 5 nitrogen and oxygen atoms in total. The lowest BCUT2D eigenvalue weighted by Crippen LogP contribution is -2.51. The Morgan fingerprint density at radius 1 is 1.53 bits per heavy atom. The molecule has 0 aliphatic carbocycles. The number of piperidine rings is 1. The van der Waals surface area contributed by atoms with Crippen molar-refractivity contribution in [3.8, 4) is 0 Å². The summed E-state index contributed by atoms with van der Waals surface area (Å²) in [6.45, 7) is 6.70. The highest BCUT2D eigenvalue weighted by molar-refractivity contribution is 6.04. The van der Waals surface area contributed by atoms with Gasteiger partial charge in [-0.05, 0) is 26.3 Å². The van der Waals surface area contributed by atoms with Crippen LogP contribution in [0.2, 0.25) is 0 Å². The average Bonchev–Trinajstić information content (AvgIpc) is 3.03. The fourth-order valence-corrected chi connectivity index (χ4v) is 3.96. The topological polar surface area (TPSA) is 55.8 Å². The van der Waals surface area contributed by atoms with Gasteiger partial charge in [-0.15, -0.1) is 0 Å². The van der Waals surface area contributed by atoms with E-state index in [2.05, 4.69) is 4.90 Å². The van der Waals surface area contributed by atoms with Crippen LogP contribution in [0.1, 0.15) is 26.7 Å². The molecule has 3 heterocycles. The lowest BCUT2D eigenvalue weighted by molar-refractivity contribution is -0.159. The number of carbonyl (C=O) groups is 2. The van der Waals surface area contributed by atoms with Crippen molar-refractivity contribution < 1.29 is 19.1 Å². The highest BCUT2D eigenvalue weighted by Crippen LogP contribution is 2.49. The molecule has 5 atom stereocenters. The normalized spacial score (nSPS) is 44.2. The standard InChI is InChI=1S/C14H21NO4/c1-3-10-12(16)11(13(17)18-4-2)14(19-10)8-15-6-5-9(14)7-15/h9-11H,3-8H2,1-2H3/t9-,10-,11?,14-/m0/s1. The third-order valence-corrected chi connectivity index (χ3v) is 4.78. The number of hydrogen-bond donors (Lipinski definition) is 0. The van der Waals surface area contributed by atoms with Crippen LogP contribution in [0.25, 0.3) is 0 Å². The van der Waals surface area contributed by atoms with Crippen molar-refractivity contribution >= 4 is 11.8 Å². The summed E-state index contributed by atoms with van der Waals surface area (Å²) in [6, 6.07) is 0. The van der Waals surface area contributed by atoms with Gasteiger partial charge < -0.3 is 14.4 Å². The number of Topliss-reactive ketones (excluding diaryl/α,β-unsaturated/α-hetero) is 1. The summed E-state index contributed by atoms with van der Waals surface area (Å²) in [5.41, 5.74) is -0.609. The van der Waals surface area contributed by atoms with Gasteiger partial charge in [0.05, 0.1) is 6.61 Å². The van der Waals surface area contributed by atoms with Crippen molar-refractivity contribution in [2.45, 2.75) is 38.4 Å². The molecule has 0 saturated carbocycles. The van der Waals surface area contributed by atoms with Crippen molar-refractivity contribution in [1.82, 2.24) is 4.90 Å². The predicted molar refractivity (Wildman–Crippen MR) is 67.6 cm³/mol. The van der Waals surface area contributed by atoms with E-state index in [1.165, 1.54) is 0 Å². The summed E-state index contributed by atoms with van der Waals surface area (Å²) in [4.78, 5) is 27.0. The fraction of sp³-hybridized carbons (Fsp3) is 0.857. The van der Waals surface area contributed by atoms with Crippen molar-refractivity contribution in [1.29, 1.82) is 0 Å². The van der Waals surface area contributed by atoms with Crippen LogP contribution >= 0.6 is 0 Å². The van der Waals surface area contributed by atoms with Crippen molar-refractivity contribution in [3.63, 3.8) is 0 Å². The fourth-order valence-electron chi connectivity index (χ4n) is 3.96. The monoisotopic (exact) mass is 267 g/mol. The lowest BCUT2D eigenvalue weighted by atomic mass is 9.76. The number of rotatable bonds is 3. The molecule has 0 aromatic rings. The molecule has 19 heavy (non-hydrogen) atoms. The Kier molecular flexibility index (Phi) is 3.14. The maximum atomic E-state index is 12.4. The predicted octanol–water partition coefficient (Wildman–Crippen LogP) is 0.618. The number of fused-ring (bicyclic) bond motifs is 3. The van der Waals surface area contributed by atoms with Crippen LogP contribution in [-0.2, 0) is 19.1 Å². The first-order valence-corrected chi connectivity index (χ1v) is 7.23. The summed E-state index contributed by atoms with van der Waals surface area (Å²) >= 11 is 0. The quantitative estimate of drug-likeness (QED) is 0.554. The largest absolute Gasteiger partial charge is 0.465 e. The van der Waals surface area contributed by atoms with Crippen LogP contribution in [0.4, 0.5) is 0 Å². The minimum Gasteiger partial charge on any atom is -0.465 e. The number of nitrogens with zero attached hydrogens (tertiary/aromatic N) is 1. The van der Waals surface area contributed by atoms with Gasteiger partial charge in [0.1, 0.15) is 17.6 Å². The lowest BCUT2D eigenvalue weighted by Gasteiger charge is -2.36. The van der Waals surface area contributed by atoms with Gasteiger partial charge in [-0.1, -0.05) is 6.92 Å². The van der Waals surface area contributed by atoms with Gasteiger partial charge in [-0.2, -0.15) is 0 Å². The molecule has 3 rings (SSSR count). The van der Waals surface area contributed by atoms with Crippen LogP contribution in [0, 0.1) is 11.8 Å². The summed E-state index contributed by atoms with van der Waals surface area (Å²) in [7, 11) is 0. The second kappa shape index (κ2) is 4.56. The summed E-state index contributed by atoms with van der Waals surface area (Å²) in [6.07, 6.45) is 1.21. The van der Waals surface area contributed by atoms with Crippen LogP contribution in [-0.4, -0.2) is 54.6 Å². The van der Waals surface area contributed by atoms with E-state index in [1.807, 2.05) is 6.92 Å². The minimum atomic E-state index is -0.715. The molecule has 0 amide bonds. The maximum absolute atomic E-state index is 12.4. The van der Waals surface area contributed by atoms with E-state index in [0.717, 1.165) is 19.5 Å². The molecule has 0 aromatic carbocycles. The first kappa shape index (κ1) is 13.1. The van der Waals surface area contributed by atoms with E-state index in [-0.39, 0.29) is 5.78 Å².